The molecule has 0 radical (unpaired) electrons. The molecule has 128 heavy (non-hydrogen) atoms. The Morgan fingerprint density at radius 3 is 1.12 bits per heavy atom. The van der Waals surface area contributed by atoms with Gasteiger partial charge in [0.15, 0.2) is 0 Å². The zero-order chi connectivity index (χ0) is 95.0. The molecule has 21 heteroatoms. The van der Waals surface area contributed by atoms with Gasteiger partial charge in [0.2, 0.25) is 5.41 Å². The number of benzene rings is 6. The SMILES string of the molecule is CC(C(=O)OC(C)(C)C)[C@H]1CC[C@H]2C3C(CC[C@]12C)[C@@]1(C)CC[C@@H](O)C[C@H]1C[C@H]3O.CC(C(=O)OC(C)(C)C)[C@H]1CC[C@H]2C3C(C[C@H](O)[C@]12C)[C@@]1(C)CC[C@@H](O)C[C@H]1C[C@H]3O.Cc1ccc(-c2ccccc2)cc1.Cc1ccc(C(C)(C)c2ccc(OC(=O)OC(C)(C)C)cc2)cc1.Cc1ccc(C(c2ccc(OC(=O)OC(C)(C)C)cc2)(C(F)(F)F)C(F)(F)F)cc1. The Labute approximate surface area is 757 Å². The fraction of sp³-hybridized carbons (Fsp3) is 0.626. The molecule has 0 amide bonds. The lowest BCUT2D eigenvalue weighted by Crippen LogP contribution is -2.62. The first-order valence-corrected chi connectivity index (χ1v) is 46.5. The monoisotopic (exact) mass is 1790 g/mol. The topological polar surface area (TPSA) is 225 Å². The Morgan fingerprint density at radius 2 is 0.703 bits per heavy atom. The molecule has 8 aliphatic rings. The number of fused-ring (bicyclic) bond motifs is 10. The van der Waals surface area contributed by atoms with Gasteiger partial charge in [-0.25, -0.2) is 9.59 Å². The van der Waals surface area contributed by atoms with Gasteiger partial charge in [0.05, 0.1) is 42.4 Å². The third-order valence-electron chi connectivity index (χ3n) is 30.6. The average molecular weight is 1790 g/mol. The van der Waals surface area contributed by atoms with Crippen LogP contribution in [-0.2, 0) is 39.4 Å². The molecule has 0 saturated heterocycles. The summed E-state index contributed by atoms with van der Waals surface area (Å²) in [4.78, 5) is 49.2. The second-order valence-electron chi connectivity index (χ2n) is 44.1. The molecule has 0 bridgehead atoms. The van der Waals surface area contributed by atoms with Gasteiger partial charge in [0.25, 0.3) is 0 Å². The molecular weight excluding hydrogens is 1640 g/mol. The van der Waals surface area contributed by atoms with Gasteiger partial charge in [-0.2, -0.15) is 26.3 Å². The summed E-state index contributed by atoms with van der Waals surface area (Å²) < 4.78 is 116. The lowest BCUT2D eigenvalue weighted by Gasteiger charge is -2.63. The van der Waals surface area contributed by atoms with Gasteiger partial charge >= 0.3 is 36.6 Å². The number of aliphatic hydroxyl groups excluding tert-OH is 5. The Kier molecular flexibility index (Phi) is 31.3. The van der Waals surface area contributed by atoms with E-state index in [1.165, 1.54) is 39.9 Å². The molecule has 8 saturated carbocycles. The number of alkyl halides is 6. The second kappa shape index (κ2) is 39.2. The van der Waals surface area contributed by atoms with E-state index in [2.05, 4.69) is 135 Å². The predicted octanol–water partition coefficient (Wildman–Crippen LogP) is 24.9. The highest BCUT2D eigenvalue weighted by atomic mass is 19.4. The number of halogens is 6. The van der Waals surface area contributed by atoms with E-state index in [4.69, 9.17) is 28.4 Å². The first-order chi connectivity index (χ1) is 59.2. The third kappa shape index (κ3) is 22.9. The van der Waals surface area contributed by atoms with Gasteiger partial charge in [-0.1, -0.05) is 199 Å². The number of carbonyl (C=O) groups is 4. The summed E-state index contributed by atoms with van der Waals surface area (Å²) in [6, 6.07) is 42.1. The second-order valence-corrected chi connectivity index (χ2v) is 44.1. The Balaban J connectivity index is 0.000000170. The van der Waals surface area contributed by atoms with Crippen molar-refractivity contribution < 1.29 is 99.5 Å². The number of hydrogen-bond acceptors (Lipinski definition) is 15. The molecule has 706 valence electrons. The van der Waals surface area contributed by atoms with E-state index in [1.807, 2.05) is 66.7 Å². The largest absolute Gasteiger partial charge is 0.514 e. The van der Waals surface area contributed by atoms with Crippen molar-refractivity contribution in [1.82, 2.24) is 0 Å². The van der Waals surface area contributed by atoms with Crippen LogP contribution in [0, 0.1) is 113 Å². The highest BCUT2D eigenvalue weighted by Gasteiger charge is 2.73. The maximum absolute atomic E-state index is 14.0. The molecule has 15 nitrogen and oxygen atoms in total. The number of carbonyl (C=O) groups excluding carboxylic acids is 4. The van der Waals surface area contributed by atoms with Crippen LogP contribution in [-0.4, -0.2) is 115 Å². The van der Waals surface area contributed by atoms with Crippen molar-refractivity contribution in [2.45, 2.75) is 332 Å². The first kappa shape index (κ1) is 102. The molecule has 8 fully saturated rings. The van der Waals surface area contributed by atoms with Crippen molar-refractivity contribution in [3.63, 3.8) is 0 Å². The maximum Gasteiger partial charge on any atom is 0.514 e. The van der Waals surface area contributed by atoms with E-state index in [1.54, 1.807) is 60.6 Å². The van der Waals surface area contributed by atoms with E-state index in [9.17, 15) is 71.1 Å². The van der Waals surface area contributed by atoms with Crippen LogP contribution in [0.25, 0.3) is 11.1 Å². The number of aryl methyl sites for hydroxylation is 3. The molecule has 0 spiro atoms. The standard InChI is InChI=1S/C26H44O5.C26H44O4.C21H20F6O3.C21H26O3.C13H12/c1-14(23(30)31-24(2,3)4)17-7-8-18-22-19(13-21(29)26(17,18)6)25(5)10-9-16(27)11-15(25)12-20(22)28;1-15(23(29)30-24(2,3)4)18-7-8-19-22-20(10-12-26(18,19)6)25(5)11-9-17(27)13-16(25)14-21(22)28;1-13-5-7-14(8-6-13)19(20(22,23)24,21(25,26)27)15-9-11-16(12-10-15)29-17(28)30-18(2,3)4;1-15-7-9-16(10-8-15)21(5,6)17-11-13-18(14-12-17)23-19(22)24-20(2,3)4;1-11-7-9-13(10-8-11)12-5-3-2-4-6-12/h14-22,27-29H,7-13H2,1-6H3;15-22,27-28H,7-14H2,1-6H3;5-12H,1-4H3;7-14H,1-6H3;2-10H,1H3/t14?,15-,16+,17+,18-,19?,20+,21-,22?,25-,26+;15?,16-,17+,18+,19-,20?,21+,22?,25-,26+;;;/m00.../s1. The lowest BCUT2D eigenvalue weighted by atomic mass is 9.43. The van der Waals surface area contributed by atoms with Crippen LogP contribution in [0.3, 0.4) is 0 Å². The Hall–Kier alpha value is -7.82. The Morgan fingerprint density at radius 1 is 0.367 bits per heavy atom. The molecule has 0 aliphatic heterocycles. The molecule has 6 aromatic carbocycles. The average Bonchev–Trinajstić information content (AvgIpc) is 1.50. The van der Waals surface area contributed by atoms with Crippen LogP contribution >= 0.6 is 0 Å². The van der Waals surface area contributed by atoms with Crippen LogP contribution < -0.4 is 9.47 Å². The number of rotatable bonds is 11. The molecule has 8 aliphatic carbocycles. The summed E-state index contributed by atoms with van der Waals surface area (Å²) in [5, 5.41) is 54.7. The van der Waals surface area contributed by atoms with Gasteiger partial charge in [0.1, 0.15) is 33.9 Å². The van der Waals surface area contributed by atoms with Gasteiger partial charge in [0, 0.05) is 10.8 Å². The summed E-state index contributed by atoms with van der Waals surface area (Å²) in [5.41, 5.74) is -0.738. The quantitative estimate of drug-likeness (QED) is 0.0352. The Bertz CT molecular complexity index is 4660. The van der Waals surface area contributed by atoms with E-state index < -0.39 is 69.7 Å². The minimum atomic E-state index is -5.69. The smallest absolute Gasteiger partial charge is 0.460 e. The molecule has 0 aromatic heterocycles. The van der Waals surface area contributed by atoms with Gasteiger partial charge in [-0.05, 0) is 333 Å². The van der Waals surface area contributed by atoms with E-state index in [-0.39, 0.29) is 105 Å². The molecular formula is C107H146F6O15. The van der Waals surface area contributed by atoms with E-state index in [0.29, 0.717) is 65.4 Å². The van der Waals surface area contributed by atoms with Crippen molar-refractivity contribution in [2.24, 2.45) is 92.7 Å². The van der Waals surface area contributed by atoms with Crippen molar-refractivity contribution >= 4 is 24.2 Å². The van der Waals surface area contributed by atoms with Crippen molar-refractivity contribution in [2.75, 3.05) is 0 Å². The number of aliphatic hydroxyl groups is 5. The zero-order valence-electron chi connectivity index (χ0n) is 79.9. The fourth-order valence-electron chi connectivity index (χ4n) is 23.9. The molecule has 14 rings (SSSR count). The molecule has 6 unspecified atom stereocenters. The summed E-state index contributed by atoms with van der Waals surface area (Å²) in [7, 11) is 0. The molecule has 21 atom stereocenters. The lowest BCUT2D eigenvalue weighted by molar-refractivity contribution is -0.288. The van der Waals surface area contributed by atoms with Crippen LogP contribution in [0.15, 0.2) is 152 Å². The van der Waals surface area contributed by atoms with Crippen molar-refractivity contribution in [3.05, 3.63) is 191 Å². The van der Waals surface area contributed by atoms with Gasteiger partial charge < -0.3 is 54.0 Å². The number of hydrogen-bond donors (Lipinski definition) is 5. The van der Waals surface area contributed by atoms with Crippen LogP contribution in [0.2, 0.25) is 0 Å². The summed E-state index contributed by atoms with van der Waals surface area (Å²) in [6.07, 6.45) is -0.735. The van der Waals surface area contributed by atoms with Crippen molar-refractivity contribution in [1.29, 1.82) is 0 Å². The highest BCUT2D eigenvalue weighted by molar-refractivity contribution is 5.74. The molecule has 0 heterocycles. The van der Waals surface area contributed by atoms with E-state index in [0.717, 1.165) is 120 Å². The number of ether oxygens (including phenoxy) is 6. The third-order valence-corrected chi connectivity index (χ3v) is 30.6. The predicted molar refractivity (Wildman–Crippen MR) is 487 cm³/mol. The minimum absolute atomic E-state index is 0.0611. The minimum Gasteiger partial charge on any atom is -0.460 e. The number of esters is 2. The van der Waals surface area contributed by atoms with Crippen LogP contribution in [0.1, 0.15) is 274 Å². The van der Waals surface area contributed by atoms with E-state index >= 15 is 0 Å². The summed E-state index contributed by atoms with van der Waals surface area (Å²) in [6.45, 7) is 45.1. The summed E-state index contributed by atoms with van der Waals surface area (Å²) in [5.74, 6) is 2.84. The van der Waals surface area contributed by atoms with Gasteiger partial charge in [-0.3, -0.25) is 9.59 Å². The van der Waals surface area contributed by atoms with Gasteiger partial charge in [-0.15, -0.1) is 0 Å². The van der Waals surface area contributed by atoms with Crippen molar-refractivity contribution in [3.8, 4) is 22.6 Å². The summed E-state index contributed by atoms with van der Waals surface area (Å²) >= 11 is 0. The fourth-order valence-corrected chi connectivity index (χ4v) is 23.9. The van der Waals surface area contributed by atoms with Crippen LogP contribution in [0.4, 0.5) is 35.9 Å². The molecule has 6 aromatic rings. The molecule has 5 N–H and O–H groups in total. The first-order valence-electron chi connectivity index (χ1n) is 46.5. The zero-order valence-corrected chi connectivity index (χ0v) is 79.9. The normalized spacial score (nSPS) is 30.2. The van der Waals surface area contributed by atoms with Crippen LogP contribution in [0.5, 0.6) is 11.5 Å². The highest BCUT2D eigenvalue weighted by Crippen LogP contribution is 2.71. The maximum atomic E-state index is 14.0.